The van der Waals surface area contributed by atoms with Crippen LogP contribution in [0.2, 0.25) is 0 Å². The van der Waals surface area contributed by atoms with Crippen molar-refractivity contribution in [3.05, 3.63) is 112 Å². The lowest BCUT2D eigenvalue weighted by Gasteiger charge is -2.29. The van der Waals surface area contributed by atoms with Crippen molar-refractivity contribution in [2.24, 2.45) is 0 Å². The molecular weight excluding hydrogens is 481 g/mol. The number of aliphatic hydroxyl groups excluding tert-OH is 1. The molecule has 7 heteroatoms. The number of nitrogens with one attached hydrogen (secondary N) is 3. The van der Waals surface area contributed by atoms with Crippen molar-refractivity contribution in [2.75, 3.05) is 0 Å². The third-order valence-corrected chi connectivity index (χ3v) is 6.96. The van der Waals surface area contributed by atoms with Gasteiger partial charge in [-0.1, -0.05) is 49.1 Å². The highest BCUT2D eigenvalue weighted by atomic mass is 19.1. The van der Waals surface area contributed by atoms with Crippen molar-refractivity contribution < 1.29 is 19.4 Å². The number of fused-ring (bicyclic) bond motifs is 1. The maximum atomic E-state index is 13.7. The van der Waals surface area contributed by atoms with E-state index in [-0.39, 0.29) is 17.8 Å². The van der Waals surface area contributed by atoms with Gasteiger partial charge in [0.25, 0.3) is 5.91 Å². The molecular formula is C31H36FN3O3. The topological polar surface area (TPSA) is 93.6 Å². The molecule has 1 atom stereocenters. The Labute approximate surface area is 223 Å². The molecule has 1 amide bonds. The molecule has 0 bridgehead atoms. The number of rotatable bonds is 9. The van der Waals surface area contributed by atoms with Gasteiger partial charge in [0.15, 0.2) is 6.29 Å². The summed E-state index contributed by atoms with van der Waals surface area (Å²) in [7, 11) is 0. The molecule has 5 N–H and O–H groups in total. The van der Waals surface area contributed by atoms with Gasteiger partial charge in [0, 0.05) is 11.3 Å². The predicted octanol–water partition coefficient (Wildman–Crippen LogP) is 5.10. The molecule has 2 aromatic rings. The number of aryl methyl sites for hydroxylation is 1. The molecule has 0 fully saturated rings. The first-order chi connectivity index (χ1) is 18.4. The molecule has 0 saturated carbocycles. The van der Waals surface area contributed by atoms with E-state index in [0.717, 1.165) is 65.2 Å². The maximum Gasteiger partial charge on any atom is 0.251 e. The lowest BCUT2D eigenvalue weighted by molar-refractivity contribution is -0.118. The number of hydrogen-bond donors (Lipinski definition) is 5. The SMILES string of the molecule is C=C(C=C1NC(CCCCC(O)O)=C(c2ccccc2)NC1=CC)C(=O)NC1CCCc2cc(F)ccc21. The van der Waals surface area contributed by atoms with Crippen LogP contribution in [0.5, 0.6) is 0 Å². The van der Waals surface area contributed by atoms with E-state index in [9.17, 15) is 19.4 Å². The van der Waals surface area contributed by atoms with Gasteiger partial charge in [-0.3, -0.25) is 4.79 Å². The molecule has 0 saturated heterocycles. The predicted molar refractivity (Wildman–Crippen MR) is 148 cm³/mol. The summed E-state index contributed by atoms with van der Waals surface area (Å²) < 4.78 is 13.7. The Bertz CT molecular complexity index is 1260. The van der Waals surface area contributed by atoms with E-state index in [1.54, 1.807) is 18.2 Å². The Morgan fingerprint density at radius 3 is 2.68 bits per heavy atom. The first-order valence-electron chi connectivity index (χ1n) is 13.2. The molecule has 38 heavy (non-hydrogen) atoms. The number of unbranched alkanes of at least 4 members (excludes halogenated alkanes) is 1. The molecule has 1 unspecified atom stereocenters. The van der Waals surface area contributed by atoms with Crippen molar-refractivity contribution in [1.29, 1.82) is 0 Å². The van der Waals surface area contributed by atoms with Crippen LogP contribution in [0.15, 0.2) is 89.9 Å². The van der Waals surface area contributed by atoms with Crippen LogP contribution in [0.4, 0.5) is 4.39 Å². The van der Waals surface area contributed by atoms with Gasteiger partial charge in [-0.05, 0) is 86.8 Å². The highest BCUT2D eigenvalue weighted by Gasteiger charge is 2.24. The first kappa shape index (κ1) is 27.4. The summed E-state index contributed by atoms with van der Waals surface area (Å²) in [4.78, 5) is 13.1. The molecule has 0 radical (unpaired) electrons. The molecule has 0 aromatic heterocycles. The number of carbonyl (C=O) groups is 1. The largest absolute Gasteiger partial charge is 0.368 e. The van der Waals surface area contributed by atoms with Gasteiger partial charge in [0.2, 0.25) is 0 Å². The zero-order valence-electron chi connectivity index (χ0n) is 21.8. The van der Waals surface area contributed by atoms with Crippen LogP contribution >= 0.6 is 0 Å². The molecule has 1 aliphatic carbocycles. The van der Waals surface area contributed by atoms with E-state index in [4.69, 9.17) is 0 Å². The molecule has 1 aliphatic heterocycles. The van der Waals surface area contributed by atoms with E-state index >= 15 is 0 Å². The fraction of sp³-hybridized carbons (Fsp3) is 0.323. The minimum Gasteiger partial charge on any atom is -0.368 e. The van der Waals surface area contributed by atoms with Crippen molar-refractivity contribution in [3.8, 4) is 0 Å². The summed E-state index contributed by atoms with van der Waals surface area (Å²) in [6.07, 6.45) is 7.30. The highest BCUT2D eigenvalue weighted by molar-refractivity contribution is 5.96. The molecule has 2 aromatic carbocycles. The second-order valence-electron chi connectivity index (χ2n) is 9.74. The van der Waals surface area contributed by atoms with Crippen molar-refractivity contribution in [2.45, 2.75) is 64.2 Å². The fourth-order valence-electron chi connectivity index (χ4n) is 5.00. The molecule has 6 nitrogen and oxygen atoms in total. The van der Waals surface area contributed by atoms with Gasteiger partial charge in [-0.25, -0.2) is 4.39 Å². The van der Waals surface area contributed by atoms with Crippen molar-refractivity contribution in [3.63, 3.8) is 0 Å². The number of hydrogen-bond acceptors (Lipinski definition) is 5. The summed E-state index contributed by atoms with van der Waals surface area (Å²) in [6, 6.07) is 14.6. The summed E-state index contributed by atoms with van der Waals surface area (Å²) in [5.74, 6) is -0.529. The average Bonchev–Trinajstić information content (AvgIpc) is 2.91. The van der Waals surface area contributed by atoms with Gasteiger partial charge >= 0.3 is 0 Å². The van der Waals surface area contributed by atoms with Gasteiger partial charge in [-0.2, -0.15) is 0 Å². The van der Waals surface area contributed by atoms with Crippen LogP contribution in [0.3, 0.4) is 0 Å². The minimum absolute atomic E-state index is 0.178. The lowest BCUT2D eigenvalue weighted by Crippen LogP contribution is -2.33. The zero-order valence-corrected chi connectivity index (χ0v) is 21.8. The molecule has 0 spiro atoms. The van der Waals surface area contributed by atoms with Crippen LogP contribution in [0.25, 0.3) is 5.70 Å². The second-order valence-corrected chi connectivity index (χ2v) is 9.74. The zero-order chi connectivity index (χ0) is 27.1. The van der Waals surface area contributed by atoms with Gasteiger partial charge in [0.05, 0.1) is 23.1 Å². The van der Waals surface area contributed by atoms with Crippen molar-refractivity contribution >= 4 is 11.6 Å². The Kier molecular flexibility index (Phi) is 9.15. The Morgan fingerprint density at radius 2 is 1.95 bits per heavy atom. The molecule has 4 rings (SSSR count). The quantitative estimate of drug-likeness (QED) is 0.181. The van der Waals surface area contributed by atoms with Crippen LogP contribution in [0.1, 0.15) is 68.2 Å². The second kappa shape index (κ2) is 12.7. The van der Waals surface area contributed by atoms with E-state index in [1.807, 2.05) is 43.3 Å². The van der Waals surface area contributed by atoms with Gasteiger partial charge in [-0.15, -0.1) is 0 Å². The number of halogens is 1. The van der Waals surface area contributed by atoms with Crippen molar-refractivity contribution in [1.82, 2.24) is 16.0 Å². The monoisotopic (exact) mass is 517 g/mol. The first-order valence-corrected chi connectivity index (χ1v) is 13.2. The molecule has 1 heterocycles. The highest BCUT2D eigenvalue weighted by Crippen LogP contribution is 2.31. The van der Waals surface area contributed by atoms with Crippen LogP contribution in [-0.4, -0.2) is 22.4 Å². The average molecular weight is 518 g/mol. The molecule has 200 valence electrons. The number of aliphatic hydroxyl groups is 2. The number of allylic oxidation sites excluding steroid dienone is 2. The van der Waals surface area contributed by atoms with Crippen LogP contribution in [0, 0.1) is 5.82 Å². The summed E-state index contributed by atoms with van der Waals surface area (Å²) in [6.45, 7) is 5.96. The maximum absolute atomic E-state index is 13.7. The Balaban J connectivity index is 1.53. The third kappa shape index (κ3) is 6.79. The van der Waals surface area contributed by atoms with Crippen LogP contribution < -0.4 is 16.0 Å². The molecule has 2 aliphatic rings. The van der Waals surface area contributed by atoms with E-state index in [1.165, 1.54) is 6.07 Å². The lowest BCUT2D eigenvalue weighted by atomic mass is 9.87. The van der Waals surface area contributed by atoms with Crippen LogP contribution in [-0.2, 0) is 11.2 Å². The number of amides is 1. The number of benzene rings is 2. The van der Waals surface area contributed by atoms with Gasteiger partial charge < -0.3 is 26.2 Å². The van der Waals surface area contributed by atoms with E-state index < -0.39 is 6.29 Å². The smallest absolute Gasteiger partial charge is 0.251 e. The Hall–Kier alpha value is -3.68. The summed E-state index contributed by atoms with van der Waals surface area (Å²) in [5.41, 5.74) is 6.70. The number of carbonyl (C=O) groups excluding carboxylic acids is 1. The summed E-state index contributed by atoms with van der Waals surface area (Å²) in [5, 5.41) is 28.5. The fourth-order valence-corrected chi connectivity index (χ4v) is 5.00. The van der Waals surface area contributed by atoms with E-state index in [0.29, 0.717) is 24.8 Å². The third-order valence-electron chi connectivity index (χ3n) is 6.96. The summed E-state index contributed by atoms with van der Waals surface area (Å²) >= 11 is 0. The van der Waals surface area contributed by atoms with Gasteiger partial charge in [0.1, 0.15) is 5.82 Å². The minimum atomic E-state index is -1.31. The standard InChI is InChI=1S/C31H36FN3O3/c1-3-25-28(18-20(2)31(38)35-26-14-9-12-22-19-23(32)16-17-24(22)26)33-27(13-7-8-15-29(36)37)30(34-25)21-10-5-4-6-11-21/h3-6,10-11,16-19,26,29,33-34,36-37H,2,7-9,12-15H2,1H3,(H,35,38). The Morgan fingerprint density at radius 1 is 1.16 bits per heavy atom. The van der Waals surface area contributed by atoms with E-state index in [2.05, 4.69) is 22.5 Å². The normalized spacial score (nSPS) is 19.2.